The van der Waals surface area contributed by atoms with Crippen molar-refractivity contribution >= 4 is 50.3 Å². The van der Waals surface area contributed by atoms with Crippen LogP contribution in [-0.2, 0) is 0 Å². The molecule has 0 radical (unpaired) electrons. The van der Waals surface area contributed by atoms with Crippen LogP contribution >= 0.6 is 27.5 Å². The summed E-state index contributed by atoms with van der Waals surface area (Å²) in [7, 11) is 0. The summed E-state index contributed by atoms with van der Waals surface area (Å²) in [5.74, 6) is 0.806. The second kappa shape index (κ2) is 10.3. The van der Waals surface area contributed by atoms with Crippen LogP contribution in [0.1, 0.15) is 5.56 Å². The Labute approximate surface area is 222 Å². The molecule has 0 N–H and O–H groups in total. The maximum atomic E-state index is 13.3. The largest absolute Gasteiger partial charge is 0.436 e. The average Bonchev–Trinajstić information content (AvgIpc) is 2.91. The number of benzene rings is 3. The van der Waals surface area contributed by atoms with Crippen LogP contribution in [0, 0.1) is 10.1 Å². The van der Waals surface area contributed by atoms with Crippen LogP contribution in [-0.4, -0.2) is 25.8 Å². The first-order valence-corrected chi connectivity index (χ1v) is 12.0. The first-order valence-electron chi connectivity index (χ1n) is 10.8. The molecule has 182 valence electrons. The molecule has 0 aliphatic carbocycles. The van der Waals surface area contributed by atoms with Crippen LogP contribution in [0.15, 0.2) is 99.4 Å². The maximum absolute atomic E-state index is 13.3. The van der Waals surface area contributed by atoms with Crippen molar-refractivity contribution in [2.75, 3.05) is 0 Å². The van der Waals surface area contributed by atoms with Gasteiger partial charge in [0.2, 0.25) is 5.88 Å². The van der Waals surface area contributed by atoms with Crippen molar-refractivity contribution in [3.05, 3.63) is 121 Å². The first kappa shape index (κ1) is 24.3. The molecule has 5 rings (SSSR count). The third-order valence-electron chi connectivity index (χ3n) is 5.27. The van der Waals surface area contributed by atoms with Gasteiger partial charge in [-0.3, -0.25) is 14.9 Å². The van der Waals surface area contributed by atoms with Crippen LogP contribution in [0.4, 0.5) is 5.69 Å². The van der Waals surface area contributed by atoms with Crippen molar-refractivity contribution in [1.82, 2.24) is 14.6 Å². The highest BCUT2D eigenvalue weighted by Crippen LogP contribution is 2.37. The van der Waals surface area contributed by atoms with Gasteiger partial charge in [-0.1, -0.05) is 54.1 Å². The summed E-state index contributed by atoms with van der Waals surface area (Å²) in [6.07, 6.45) is 2.59. The lowest BCUT2D eigenvalue weighted by atomic mass is 10.2. The molecule has 9 nitrogen and oxygen atoms in total. The Balaban J connectivity index is 1.51. The lowest BCUT2D eigenvalue weighted by Gasteiger charge is -2.11. The summed E-state index contributed by atoms with van der Waals surface area (Å²) >= 11 is 9.88. The summed E-state index contributed by atoms with van der Waals surface area (Å²) < 4.78 is 7.46. The summed E-state index contributed by atoms with van der Waals surface area (Å²) in [6.45, 7) is 0. The van der Waals surface area contributed by atoms with E-state index in [4.69, 9.17) is 16.3 Å². The van der Waals surface area contributed by atoms with Gasteiger partial charge in [-0.15, -0.1) is 0 Å². The minimum atomic E-state index is -0.548. The fourth-order valence-electron chi connectivity index (χ4n) is 3.53. The number of rotatable bonds is 6. The van der Waals surface area contributed by atoms with Gasteiger partial charge in [-0.05, 0) is 45.8 Å². The van der Waals surface area contributed by atoms with E-state index < -0.39 is 4.92 Å². The lowest BCUT2D eigenvalue weighted by molar-refractivity contribution is -0.385. The molecule has 0 atom stereocenters. The van der Waals surface area contributed by atoms with E-state index in [1.807, 2.05) is 36.4 Å². The molecule has 2 heterocycles. The zero-order valence-corrected chi connectivity index (χ0v) is 21.1. The van der Waals surface area contributed by atoms with Crippen LogP contribution in [0.5, 0.6) is 11.6 Å². The van der Waals surface area contributed by atoms with Gasteiger partial charge in [0.1, 0.15) is 6.20 Å². The fourth-order valence-corrected chi connectivity index (χ4v) is 4.47. The second-order valence-electron chi connectivity index (χ2n) is 7.71. The van der Waals surface area contributed by atoms with Gasteiger partial charge in [-0.25, -0.2) is 9.97 Å². The summed E-state index contributed by atoms with van der Waals surface area (Å²) in [5, 5.41) is 16.0. The number of aromatic nitrogens is 3. The Kier molecular flexibility index (Phi) is 6.76. The number of pyridine rings is 1. The maximum Gasteiger partial charge on any atom is 0.287 e. The average molecular weight is 577 g/mol. The Morgan fingerprint density at radius 3 is 2.51 bits per heavy atom. The van der Waals surface area contributed by atoms with E-state index in [-0.39, 0.29) is 27.9 Å². The van der Waals surface area contributed by atoms with E-state index in [1.165, 1.54) is 23.0 Å². The monoisotopic (exact) mass is 575 g/mol. The molecule has 0 saturated carbocycles. The third-order valence-corrected chi connectivity index (χ3v) is 6.14. The molecule has 0 amide bonds. The van der Waals surface area contributed by atoms with Gasteiger partial charge >= 0.3 is 0 Å². The predicted octanol–water partition coefficient (Wildman–Crippen LogP) is 6.46. The van der Waals surface area contributed by atoms with Crippen LogP contribution in [0.3, 0.4) is 0 Å². The number of hydrogen-bond acceptors (Lipinski definition) is 7. The molecule has 0 bridgehead atoms. The number of nitro groups is 1. The third kappa shape index (κ3) is 5.11. The molecule has 5 aromatic rings. The van der Waals surface area contributed by atoms with Crippen molar-refractivity contribution in [2.24, 2.45) is 5.10 Å². The van der Waals surface area contributed by atoms with Crippen molar-refractivity contribution in [3.63, 3.8) is 0 Å². The van der Waals surface area contributed by atoms with Gasteiger partial charge in [0.15, 0.2) is 11.6 Å². The Hall–Kier alpha value is -4.41. The molecule has 0 aliphatic heterocycles. The minimum Gasteiger partial charge on any atom is -0.436 e. The molecule has 0 saturated heterocycles. The molecule has 37 heavy (non-hydrogen) atoms. The van der Waals surface area contributed by atoms with E-state index in [1.54, 1.807) is 30.3 Å². The Bertz CT molecular complexity index is 1700. The highest BCUT2D eigenvalue weighted by atomic mass is 79.9. The normalized spacial score (nSPS) is 11.2. The van der Waals surface area contributed by atoms with Crippen molar-refractivity contribution < 1.29 is 9.66 Å². The zero-order chi connectivity index (χ0) is 25.9. The Morgan fingerprint density at radius 1 is 1.05 bits per heavy atom. The zero-order valence-electron chi connectivity index (χ0n) is 18.8. The number of ether oxygens (including phenoxy) is 1. The van der Waals surface area contributed by atoms with Gasteiger partial charge in [0.25, 0.3) is 11.2 Å². The summed E-state index contributed by atoms with van der Waals surface area (Å²) in [5.41, 5.74) is 1.43. The first-order chi connectivity index (χ1) is 17.9. The molecule has 11 heteroatoms. The molecule has 0 aliphatic rings. The van der Waals surface area contributed by atoms with Gasteiger partial charge in [0.05, 0.1) is 31.5 Å². The summed E-state index contributed by atoms with van der Waals surface area (Å²) in [4.78, 5) is 32.2. The smallest absolute Gasteiger partial charge is 0.287 e. The number of fused-ring (bicyclic) bond motifs is 1. The molecular formula is C26H15BrClN5O4. The van der Waals surface area contributed by atoms with Crippen LogP contribution in [0.25, 0.3) is 22.3 Å². The highest BCUT2D eigenvalue weighted by Gasteiger charge is 2.14. The van der Waals surface area contributed by atoms with E-state index in [9.17, 15) is 14.9 Å². The van der Waals surface area contributed by atoms with E-state index in [0.717, 1.165) is 11.8 Å². The molecule has 2 aromatic heterocycles. The van der Waals surface area contributed by atoms with Crippen LogP contribution in [0.2, 0.25) is 5.02 Å². The lowest BCUT2D eigenvalue weighted by Crippen LogP contribution is -2.20. The molecule has 0 spiro atoms. The van der Waals surface area contributed by atoms with Crippen LogP contribution < -0.4 is 10.3 Å². The minimum absolute atomic E-state index is 0.135. The second-order valence-corrected chi connectivity index (χ2v) is 8.97. The van der Waals surface area contributed by atoms with E-state index in [0.29, 0.717) is 26.8 Å². The number of halogens is 2. The number of nitrogens with zero attached hydrogens (tertiary/aromatic N) is 5. The molecule has 0 unspecified atom stereocenters. The molecule has 0 fully saturated rings. The van der Waals surface area contributed by atoms with Gasteiger partial charge in [0, 0.05) is 17.7 Å². The topological polar surface area (TPSA) is 113 Å². The van der Waals surface area contributed by atoms with Crippen molar-refractivity contribution in [3.8, 4) is 23.0 Å². The highest BCUT2D eigenvalue weighted by molar-refractivity contribution is 9.10. The summed E-state index contributed by atoms with van der Waals surface area (Å²) in [6, 6.07) is 22.4. The van der Waals surface area contributed by atoms with Crippen molar-refractivity contribution in [2.45, 2.75) is 0 Å². The van der Waals surface area contributed by atoms with Gasteiger partial charge < -0.3 is 4.74 Å². The standard InChI is InChI=1S/C26H15BrClN5O4/c27-20-12-16(13-21(28)24(20)37-23-11-10-18(15-29-23)33(35)36)14-30-32-25(17-6-2-1-3-7-17)31-22-9-5-4-8-19(22)26(32)34/h1-15H. The number of para-hydroxylation sites is 1. The SMILES string of the molecule is O=c1c2ccccc2nc(-c2ccccc2)n1N=Cc1cc(Cl)c(Oc2ccc([N+](=O)[O-])cn2)c(Br)c1. The van der Waals surface area contributed by atoms with E-state index >= 15 is 0 Å². The fraction of sp³-hybridized carbons (Fsp3) is 0. The van der Waals surface area contributed by atoms with Crippen molar-refractivity contribution in [1.29, 1.82) is 0 Å². The quantitative estimate of drug-likeness (QED) is 0.130. The number of hydrogen-bond donors (Lipinski definition) is 0. The molecular weight excluding hydrogens is 562 g/mol. The molecule has 3 aromatic carbocycles. The van der Waals surface area contributed by atoms with E-state index in [2.05, 4.69) is 31.0 Å². The Morgan fingerprint density at radius 2 is 1.81 bits per heavy atom. The predicted molar refractivity (Wildman–Crippen MR) is 145 cm³/mol. The van der Waals surface area contributed by atoms with Gasteiger partial charge in [-0.2, -0.15) is 9.78 Å².